The number of nitrogens with zero attached hydrogens (tertiary/aromatic N) is 2. The number of aromatic nitrogens is 2. The molecule has 0 saturated heterocycles. The third kappa shape index (κ3) is 3.28. The summed E-state index contributed by atoms with van der Waals surface area (Å²) in [5.41, 5.74) is 8.41. The van der Waals surface area contributed by atoms with Gasteiger partial charge in [0.25, 0.3) is 0 Å². The van der Waals surface area contributed by atoms with Crippen molar-refractivity contribution in [2.45, 2.75) is 10.3 Å². The first-order chi connectivity index (χ1) is 8.27. The zero-order chi connectivity index (χ0) is 12.1. The molecule has 2 rings (SSSR count). The summed E-state index contributed by atoms with van der Waals surface area (Å²) in [6.07, 6.45) is 0. The number of nitrogens with one attached hydrogen (secondary N) is 1. The highest BCUT2D eigenvalue weighted by Gasteiger charge is 2.15. The van der Waals surface area contributed by atoms with Crippen molar-refractivity contribution in [2.24, 2.45) is 5.73 Å². The van der Waals surface area contributed by atoms with Gasteiger partial charge < -0.3 is 5.73 Å². The van der Waals surface area contributed by atoms with Gasteiger partial charge >= 0.3 is 0 Å². The summed E-state index contributed by atoms with van der Waals surface area (Å²) >= 11 is 3.08. The Balaban J connectivity index is 2.06. The normalized spacial score (nSPS) is 12.2. The average molecular weight is 264 g/mol. The van der Waals surface area contributed by atoms with Crippen molar-refractivity contribution >= 4 is 28.9 Å². The molecular formula is C11H12N4S2. The van der Waals surface area contributed by atoms with Gasteiger partial charge in [-0.1, -0.05) is 53.4 Å². The summed E-state index contributed by atoms with van der Waals surface area (Å²) in [6, 6.07) is 9.86. The van der Waals surface area contributed by atoms with Gasteiger partial charge in [-0.15, -0.1) is 10.2 Å². The van der Waals surface area contributed by atoms with E-state index < -0.39 is 0 Å². The van der Waals surface area contributed by atoms with E-state index in [1.165, 1.54) is 11.3 Å². The average Bonchev–Trinajstić information content (AvgIpc) is 2.83. The van der Waals surface area contributed by atoms with Gasteiger partial charge in [0.15, 0.2) is 4.34 Å². The Morgan fingerprint density at radius 3 is 2.76 bits per heavy atom. The number of thioether (sulfide) groups is 1. The van der Waals surface area contributed by atoms with E-state index in [9.17, 15) is 0 Å². The Bertz CT molecular complexity index is 469. The summed E-state index contributed by atoms with van der Waals surface area (Å²) in [4.78, 5) is 0. The molecule has 1 atom stereocenters. The van der Waals surface area contributed by atoms with E-state index >= 15 is 0 Å². The van der Waals surface area contributed by atoms with Gasteiger partial charge in [-0.2, -0.15) is 0 Å². The van der Waals surface area contributed by atoms with Gasteiger partial charge in [0.1, 0.15) is 5.51 Å². The van der Waals surface area contributed by atoms with E-state index in [0.717, 1.165) is 9.90 Å². The standard InChI is InChI=1S/C11H12N4S2/c12-10(13)9(8-4-2-1-3-5-8)6-16-11-15-14-7-17-11/h1-5,7,9H,6H2,(H3,12,13). The molecule has 2 aromatic rings. The predicted octanol–water partition coefficient (Wildman–Crippen LogP) is 2.35. The van der Waals surface area contributed by atoms with E-state index in [1.807, 2.05) is 30.3 Å². The highest BCUT2D eigenvalue weighted by molar-refractivity contribution is 8.01. The molecule has 0 aliphatic heterocycles. The molecule has 0 radical (unpaired) electrons. The van der Waals surface area contributed by atoms with Crippen LogP contribution in [-0.2, 0) is 0 Å². The fourth-order valence-corrected chi connectivity index (χ4v) is 3.10. The number of amidine groups is 1. The Labute approximate surface area is 108 Å². The maximum absolute atomic E-state index is 7.65. The smallest absolute Gasteiger partial charge is 0.174 e. The van der Waals surface area contributed by atoms with E-state index in [-0.39, 0.29) is 11.8 Å². The quantitative estimate of drug-likeness (QED) is 0.494. The van der Waals surface area contributed by atoms with Crippen LogP contribution in [-0.4, -0.2) is 21.8 Å². The third-order valence-corrected chi connectivity index (χ3v) is 4.24. The van der Waals surface area contributed by atoms with Crippen LogP contribution in [0.1, 0.15) is 11.5 Å². The van der Waals surface area contributed by atoms with E-state index in [0.29, 0.717) is 5.75 Å². The number of hydrogen-bond acceptors (Lipinski definition) is 5. The maximum atomic E-state index is 7.65. The van der Waals surface area contributed by atoms with Gasteiger partial charge in [-0.05, 0) is 5.56 Å². The topological polar surface area (TPSA) is 75.7 Å². The van der Waals surface area contributed by atoms with Crippen LogP contribution in [0.2, 0.25) is 0 Å². The summed E-state index contributed by atoms with van der Waals surface area (Å²) < 4.78 is 0.909. The van der Waals surface area contributed by atoms with Crippen LogP contribution in [0.15, 0.2) is 40.2 Å². The van der Waals surface area contributed by atoms with Gasteiger partial charge in [0.2, 0.25) is 0 Å². The molecule has 88 valence electrons. The zero-order valence-corrected chi connectivity index (χ0v) is 10.7. The minimum absolute atomic E-state index is 0.0647. The Kier molecular flexibility index (Phi) is 4.11. The van der Waals surface area contributed by atoms with Crippen LogP contribution in [0.4, 0.5) is 0 Å². The summed E-state index contributed by atoms with van der Waals surface area (Å²) in [5, 5.41) is 15.4. The second-order valence-electron chi connectivity index (χ2n) is 3.43. The number of rotatable bonds is 5. The molecule has 0 bridgehead atoms. The summed E-state index contributed by atoms with van der Waals surface area (Å²) in [6.45, 7) is 0. The Hall–Kier alpha value is -1.40. The van der Waals surface area contributed by atoms with E-state index in [1.54, 1.807) is 17.3 Å². The van der Waals surface area contributed by atoms with E-state index in [4.69, 9.17) is 11.1 Å². The van der Waals surface area contributed by atoms with Crippen molar-refractivity contribution in [1.29, 1.82) is 5.41 Å². The molecule has 0 fully saturated rings. The van der Waals surface area contributed by atoms with Crippen molar-refractivity contribution in [2.75, 3.05) is 5.75 Å². The minimum atomic E-state index is -0.0647. The molecule has 1 aromatic carbocycles. The monoisotopic (exact) mass is 264 g/mol. The Morgan fingerprint density at radius 2 is 2.18 bits per heavy atom. The molecule has 0 saturated carbocycles. The number of benzene rings is 1. The van der Waals surface area contributed by atoms with E-state index in [2.05, 4.69) is 10.2 Å². The molecule has 0 amide bonds. The largest absolute Gasteiger partial charge is 0.387 e. The van der Waals surface area contributed by atoms with Gasteiger partial charge in [0.05, 0.1) is 11.8 Å². The molecule has 0 aliphatic rings. The van der Waals surface area contributed by atoms with Crippen LogP contribution in [0.3, 0.4) is 0 Å². The van der Waals surface area contributed by atoms with Crippen LogP contribution < -0.4 is 5.73 Å². The number of hydrogen-bond donors (Lipinski definition) is 2. The van der Waals surface area contributed by atoms with Crippen LogP contribution >= 0.6 is 23.1 Å². The van der Waals surface area contributed by atoms with Crippen molar-refractivity contribution in [3.8, 4) is 0 Å². The molecule has 1 heterocycles. The number of nitrogens with two attached hydrogens (primary N) is 1. The molecule has 0 aliphatic carbocycles. The summed E-state index contributed by atoms with van der Waals surface area (Å²) in [7, 11) is 0. The molecule has 17 heavy (non-hydrogen) atoms. The molecule has 1 unspecified atom stereocenters. The van der Waals surface area contributed by atoms with Crippen LogP contribution in [0.25, 0.3) is 0 Å². The molecule has 3 N–H and O–H groups in total. The maximum Gasteiger partial charge on any atom is 0.174 e. The third-order valence-electron chi connectivity index (χ3n) is 2.29. The van der Waals surface area contributed by atoms with Crippen LogP contribution in [0, 0.1) is 5.41 Å². The Morgan fingerprint density at radius 1 is 1.41 bits per heavy atom. The van der Waals surface area contributed by atoms with Gasteiger partial charge in [-0.25, -0.2) is 0 Å². The zero-order valence-electron chi connectivity index (χ0n) is 9.04. The molecule has 1 aromatic heterocycles. The van der Waals surface area contributed by atoms with Crippen LogP contribution in [0.5, 0.6) is 0 Å². The molecule has 6 heteroatoms. The van der Waals surface area contributed by atoms with Crippen molar-refractivity contribution in [3.63, 3.8) is 0 Å². The van der Waals surface area contributed by atoms with Gasteiger partial charge in [-0.3, -0.25) is 5.41 Å². The molecule has 4 nitrogen and oxygen atoms in total. The second kappa shape index (κ2) is 5.79. The lowest BCUT2D eigenvalue weighted by Gasteiger charge is -2.14. The molecule has 0 spiro atoms. The SMILES string of the molecule is N=C(N)C(CSc1nncs1)c1ccccc1. The highest BCUT2D eigenvalue weighted by atomic mass is 32.2. The lowest BCUT2D eigenvalue weighted by Crippen LogP contribution is -2.22. The second-order valence-corrected chi connectivity index (χ2v) is 5.53. The lowest BCUT2D eigenvalue weighted by atomic mass is 10.0. The van der Waals surface area contributed by atoms with Crippen molar-refractivity contribution < 1.29 is 0 Å². The molecular weight excluding hydrogens is 252 g/mol. The fraction of sp³-hybridized carbons (Fsp3) is 0.182. The van der Waals surface area contributed by atoms with Crippen molar-refractivity contribution in [1.82, 2.24) is 10.2 Å². The van der Waals surface area contributed by atoms with Gasteiger partial charge in [0, 0.05) is 5.75 Å². The lowest BCUT2D eigenvalue weighted by molar-refractivity contribution is 0.986. The van der Waals surface area contributed by atoms with Crippen molar-refractivity contribution in [3.05, 3.63) is 41.4 Å². The predicted molar refractivity (Wildman–Crippen MR) is 71.7 cm³/mol. The minimum Gasteiger partial charge on any atom is -0.387 e. The fourth-order valence-electron chi connectivity index (χ4n) is 1.43. The first-order valence-corrected chi connectivity index (χ1v) is 6.91. The first kappa shape index (κ1) is 12.1. The summed E-state index contributed by atoms with van der Waals surface area (Å²) in [5.74, 6) is 0.840. The highest BCUT2D eigenvalue weighted by Crippen LogP contribution is 2.26. The first-order valence-electron chi connectivity index (χ1n) is 5.05.